The largest absolute Gasteiger partial charge is 0.502 e. The first-order valence-corrected chi connectivity index (χ1v) is 9.90. The molecule has 0 aliphatic heterocycles. The number of ether oxygens (including phenoxy) is 1. The van der Waals surface area contributed by atoms with Crippen molar-refractivity contribution in [1.82, 2.24) is 0 Å². The van der Waals surface area contributed by atoms with Crippen LogP contribution in [0.15, 0.2) is 30.3 Å². The monoisotopic (exact) mass is 357 g/mol. The van der Waals surface area contributed by atoms with Gasteiger partial charge in [0.15, 0.2) is 0 Å². The van der Waals surface area contributed by atoms with Gasteiger partial charge in [-0.25, -0.2) is 4.79 Å². The molecule has 0 saturated heterocycles. The Morgan fingerprint density at radius 3 is 2.42 bits per heavy atom. The van der Waals surface area contributed by atoms with Crippen LogP contribution < -0.4 is 4.90 Å². The molecular formula is C16H27NO6Si. The molecule has 0 aromatic heterocycles. The third-order valence-corrected chi connectivity index (χ3v) is 6.27. The first kappa shape index (κ1) is 20.6. The summed E-state index contributed by atoms with van der Waals surface area (Å²) in [6.07, 6.45) is 0.972. The van der Waals surface area contributed by atoms with E-state index in [4.69, 9.17) is 23.1 Å². The molecule has 24 heavy (non-hydrogen) atoms. The minimum absolute atomic E-state index is 0.380. The van der Waals surface area contributed by atoms with Crippen molar-refractivity contribution in [3.63, 3.8) is 0 Å². The molecule has 0 radical (unpaired) electrons. The van der Waals surface area contributed by atoms with E-state index >= 15 is 0 Å². The molecule has 1 aromatic rings. The van der Waals surface area contributed by atoms with Crippen molar-refractivity contribution in [2.75, 3.05) is 39.1 Å². The van der Waals surface area contributed by atoms with Gasteiger partial charge in [-0.2, -0.15) is 0 Å². The number of hydrogen-bond donors (Lipinski definition) is 1. The van der Waals surface area contributed by atoms with Crippen LogP contribution >= 0.6 is 0 Å². The lowest BCUT2D eigenvalue weighted by Gasteiger charge is -2.27. The molecule has 0 aliphatic carbocycles. The molecule has 0 bridgehead atoms. The summed E-state index contributed by atoms with van der Waals surface area (Å²) in [4.78, 5) is 13.9. The lowest BCUT2D eigenvalue weighted by atomic mass is 10.3. The van der Waals surface area contributed by atoms with Crippen LogP contribution in [0.4, 0.5) is 10.5 Å². The van der Waals surface area contributed by atoms with Crippen LogP contribution in [-0.4, -0.2) is 54.2 Å². The van der Waals surface area contributed by atoms with Crippen LogP contribution in [0, 0.1) is 0 Å². The molecule has 1 amide bonds. The van der Waals surface area contributed by atoms with E-state index in [1.807, 2.05) is 37.3 Å². The fourth-order valence-electron chi connectivity index (χ4n) is 2.23. The molecule has 7 nitrogen and oxygen atoms in total. The third kappa shape index (κ3) is 6.21. The van der Waals surface area contributed by atoms with Gasteiger partial charge < -0.3 is 23.1 Å². The van der Waals surface area contributed by atoms with E-state index in [-0.39, 0.29) is 6.09 Å². The van der Waals surface area contributed by atoms with Crippen molar-refractivity contribution in [3.05, 3.63) is 30.3 Å². The number of amides is 1. The highest BCUT2D eigenvalue weighted by Gasteiger charge is 2.38. The fourth-order valence-corrected chi connectivity index (χ4v) is 3.97. The van der Waals surface area contributed by atoms with Crippen molar-refractivity contribution in [3.8, 4) is 0 Å². The molecule has 0 heterocycles. The zero-order chi connectivity index (χ0) is 17.8. The van der Waals surface area contributed by atoms with Gasteiger partial charge in [0.25, 0.3) is 0 Å². The number of anilines is 1. The molecule has 0 fully saturated rings. The molecule has 1 rings (SSSR count). The lowest BCUT2D eigenvalue weighted by molar-refractivity contribution is 0.0147. The van der Waals surface area contributed by atoms with E-state index in [1.54, 1.807) is 4.90 Å². The number of hydrogen-bond acceptors (Lipinski definition) is 6. The van der Waals surface area contributed by atoms with Crippen molar-refractivity contribution in [1.29, 1.82) is 0 Å². The van der Waals surface area contributed by atoms with Crippen LogP contribution in [0.1, 0.15) is 19.8 Å². The highest BCUT2D eigenvalue weighted by atomic mass is 28.4. The Labute approximate surface area is 144 Å². The number of para-hydroxylation sites is 1. The minimum Gasteiger partial charge on any atom is -0.449 e. The molecule has 0 aliphatic rings. The Morgan fingerprint density at radius 1 is 1.21 bits per heavy atom. The molecular weight excluding hydrogens is 330 g/mol. The van der Waals surface area contributed by atoms with Crippen molar-refractivity contribution in [2.24, 2.45) is 0 Å². The average Bonchev–Trinajstić information content (AvgIpc) is 2.63. The second-order valence-electron chi connectivity index (χ2n) is 5.07. The summed E-state index contributed by atoms with van der Waals surface area (Å²) in [5, 5.41) is 9.00. The van der Waals surface area contributed by atoms with E-state index in [2.05, 4.69) is 0 Å². The van der Waals surface area contributed by atoms with E-state index in [0.29, 0.717) is 25.6 Å². The van der Waals surface area contributed by atoms with Gasteiger partial charge in [0.1, 0.15) is 6.79 Å². The molecule has 0 unspecified atom stereocenters. The smallest absolute Gasteiger partial charge is 0.449 e. The standard InChI is InChI=1S/C16H27NO6Si/c1-4-12-22-16(19)17(15-9-6-5-7-10-15)11-8-13-24(20-2,21-3)23-14-18/h5-7,9-10,18H,4,8,11-14H2,1-3H3. The minimum atomic E-state index is -2.90. The highest BCUT2D eigenvalue weighted by molar-refractivity contribution is 6.60. The molecule has 8 heteroatoms. The average molecular weight is 357 g/mol. The number of benzene rings is 1. The maximum atomic E-state index is 12.3. The van der Waals surface area contributed by atoms with E-state index in [9.17, 15) is 4.79 Å². The number of rotatable bonds is 11. The number of nitrogens with zero attached hydrogens (tertiary/aromatic N) is 1. The summed E-state index contributed by atoms with van der Waals surface area (Å²) in [7, 11) is 0.0916. The maximum Gasteiger partial charge on any atom is 0.502 e. The molecule has 0 saturated carbocycles. The first-order chi connectivity index (χ1) is 11.6. The van der Waals surface area contributed by atoms with Crippen LogP contribution in [0.2, 0.25) is 6.04 Å². The van der Waals surface area contributed by atoms with Crippen molar-refractivity contribution in [2.45, 2.75) is 25.8 Å². The molecule has 0 atom stereocenters. The van der Waals surface area contributed by atoms with Gasteiger partial charge in [-0.3, -0.25) is 4.90 Å². The summed E-state index contributed by atoms with van der Waals surface area (Å²) in [6.45, 7) is 2.30. The topological polar surface area (TPSA) is 77.5 Å². The summed E-state index contributed by atoms with van der Waals surface area (Å²) < 4.78 is 21.2. The Bertz CT molecular complexity index is 469. The zero-order valence-corrected chi connectivity index (χ0v) is 15.6. The van der Waals surface area contributed by atoms with Crippen LogP contribution in [0.5, 0.6) is 0 Å². The van der Waals surface area contributed by atoms with Gasteiger partial charge in [0, 0.05) is 32.5 Å². The van der Waals surface area contributed by atoms with Gasteiger partial charge in [-0.05, 0) is 25.0 Å². The summed E-state index contributed by atoms with van der Waals surface area (Å²) in [5.74, 6) is 0. The van der Waals surface area contributed by atoms with Crippen LogP contribution in [0.3, 0.4) is 0 Å². The predicted molar refractivity (Wildman–Crippen MR) is 92.8 cm³/mol. The summed E-state index contributed by atoms with van der Waals surface area (Å²) >= 11 is 0. The lowest BCUT2D eigenvalue weighted by Crippen LogP contribution is -2.45. The van der Waals surface area contributed by atoms with Crippen LogP contribution in [0.25, 0.3) is 0 Å². The second kappa shape index (κ2) is 11.2. The second-order valence-corrected chi connectivity index (χ2v) is 8.04. The van der Waals surface area contributed by atoms with Crippen molar-refractivity contribution < 1.29 is 27.9 Å². The molecule has 1 aromatic carbocycles. The SMILES string of the molecule is CCCOC(=O)N(CCC[Si](OC)(OC)OCO)c1ccccc1. The highest BCUT2D eigenvalue weighted by Crippen LogP contribution is 2.20. The van der Waals surface area contributed by atoms with Gasteiger partial charge in [-0.1, -0.05) is 25.1 Å². The quantitative estimate of drug-likeness (QED) is 0.484. The molecule has 1 N–H and O–H groups in total. The van der Waals surface area contributed by atoms with E-state index in [0.717, 1.165) is 12.1 Å². The normalized spacial score (nSPS) is 11.3. The first-order valence-electron chi connectivity index (χ1n) is 7.97. The third-order valence-electron chi connectivity index (χ3n) is 3.49. The Hall–Kier alpha value is -1.45. The fraction of sp³-hybridized carbons (Fsp3) is 0.562. The van der Waals surface area contributed by atoms with Crippen molar-refractivity contribution >= 4 is 20.6 Å². The van der Waals surface area contributed by atoms with Gasteiger partial charge >= 0.3 is 14.9 Å². The van der Waals surface area contributed by atoms with E-state index < -0.39 is 15.6 Å². The molecule has 0 spiro atoms. The molecule has 136 valence electrons. The number of aliphatic hydroxyl groups excluding tert-OH is 1. The predicted octanol–water partition coefficient (Wildman–Crippen LogP) is 2.63. The Balaban J connectivity index is 2.73. The van der Waals surface area contributed by atoms with Gasteiger partial charge in [-0.15, -0.1) is 0 Å². The van der Waals surface area contributed by atoms with Gasteiger partial charge in [0.05, 0.1) is 6.61 Å². The Morgan fingerprint density at radius 2 is 1.88 bits per heavy atom. The van der Waals surface area contributed by atoms with Crippen LogP contribution in [-0.2, 0) is 18.0 Å². The summed E-state index contributed by atoms with van der Waals surface area (Å²) in [6, 6.07) is 9.82. The summed E-state index contributed by atoms with van der Waals surface area (Å²) in [5.41, 5.74) is 0.767. The van der Waals surface area contributed by atoms with E-state index in [1.165, 1.54) is 14.2 Å². The maximum absolute atomic E-state index is 12.3. The van der Waals surface area contributed by atoms with Gasteiger partial charge in [0.2, 0.25) is 0 Å². The Kier molecular flexibility index (Phi) is 9.58. The number of carbonyl (C=O) groups excluding carboxylic acids is 1. The number of aliphatic hydroxyl groups is 1. The zero-order valence-electron chi connectivity index (χ0n) is 14.6. The number of carbonyl (C=O) groups is 1.